The first kappa shape index (κ1) is 18.2. The van der Waals surface area contributed by atoms with Gasteiger partial charge in [-0.2, -0.15) is 0 Å². The molecule has 5 aromatic carbocycles. The van der Waals surface area contributed by atoms with Gasteiger partial charge in [0.25, 0.3) is 0 Å². The van der Waals surface area contributed by atoms with E-state index in [0.29, 0.717) is 12.0 Å². The molecule has 2 nitrogen and oxygen atoms in total. The van der Waals surface area contributed by atoms with Gasteiger partial charge in [0.2, 0.25) is 0 Å². The Bertz CT molecular complexity index is 1590. The largest absolute Gasteiger partial charge is 0.508 e. The first-order valence-electron chi connectivity index (χ1n) is 10.4. The molecule has 0 aliphatic heterocycles. The second-order valence-corrected chi connectivity index (χ2v) is 9.05. The van der Waals surface area contributed by atoms with Crippen LogP contribution in [-0.2, 0) is 12.8 Å². The standard InChI is InChI=1S/C28H20O2S/c29-23-10-5-11-24(30)22(23)14-12-19-16-18-7-2-4-9-21(18)27-26-20-8-3-1-6-17(20)13-15-25(26)31-28(19)27/h1-11,13,15-16,29-30H,12,14H2. The Labute approximate surface area is 183 Å². The minimum atomic E-state index is 0.152. The van der Waals surface area contributed by atoms with Gasteiger partial charge in [-0.25, -0.2) is 0 Å². The van der Waals surface area contributed by atoms with Crippen LogP contribution in [0.4, 0.5) is 0 Å². The molecule has 0 aliphatic rings. The maximum atomic E-state index is 10.2. The molecule has 2 N–H and O–H groups in total. The summed E-state index contributed by atoms with van der Waals surface area (Å²) < 4.78 is 2.58. The number of hydrogen-bond donors (Lipinski definition) is 2. The third-order valence-electron chi connectivity index (χ3n) is 6.20. The van der Waals surface area contributed by atoms with Gasteiger partial charge >= 0.3 is 0 Å². The lowest BCUT2D eigenvalue weighted by Gasteiger charge is -2.10. The molecule has 0 aliphatic carbocycles. The fourth-order valence-electron chi connectivity index (χ4n) is 4.72. The molecule has 0 fully saturated rings. The van der Waals surface area contributed by atoms with E-state index in [4.69, 9.17) is 0 Å². The topological polar surface area (TPSA) is 40.5 Å². The van der Waals surface area contributed by atoms with E-state index in [0.717, 1.165) is 6.42 Å². The molecule has 0 bridgehead atoms. The van der Waals surface area contributed by atoms with E-state index in [2.05, 4.69) is 66.7 Å². The Hall–Kier alpha value is -3.56. The summed E-state index contributed by atoms with van der Waals surface area (Å²) in [6, 6.07) is 28.8. The number of aryl methyl sites for hydroxylation is 1. The predicted molar refractivity (Wildman–Crippen MR) is 132 cm³/mol. The predicted octanol–water partition coefficient (Wildman–Crippen LogP) is 7.56. The zero-order valence-corrected chi connectivity index (χ0v) is 17.6. The third-order valence-corrected chi connectivity index (χ3v) is 7.43. The molecule has 0 spiro atoms. The van der Waals surface area contributed by atoms with Gasteiger partial charge < -0.3 is 10.2 Å². The minimum absolute atomic E-state index is 0.152. The molecule has 31 heavy (non-hydrogen) atoms. The van der Waals surface area contributed by atoms with Crippen molar-refractivity contribution >= 4 is 53.1 Å². The number of aromatic hydroxyl groups is 2. The average molecular weight is 421 g/mol. The third kappa shape index (κ3) is 2.85. The van der Waals surface area contributed by atoms with Gasteiger partial charge in [-0.3, -0.25) is 0 Å². The van der Waals surface area contributed by atoms with Crippen LogP contribution in [0.15, 0.2) is 84.9 Å². The Morgan fingerprint density at radius 2 is 1.29 bits per heavy atom. The molecule has 6 rings (SSSR count). The van der Waals surface area contributed by atoms with E-state index >= 15 is 0 Å². The summed E-state index contributed by atoms with van der Waals surface area (Å²) in [4.78, 5) is 0. The molecule has 0 saturated carbocycles. The van der Waals surface area contributed by atoms with E-state index in [1.54, 1.807) is 18.2 Å². The molecular formula is C28H20O2S. The van der Waals surface area contributed by atoms with Crippen LogP contribution in [0.2, 0.25) is 0 Å². The van der Waals surface area contributed by atoms with Crippen LogP contribution in [0, 0.1) is 0 Å². The van der Waals surface area contributed by atoms with E-state index in [9.17, 15) is 10.2 Å². The Morgan fingerprint density at radius 3 is 2.06 bits per heavy atom. The molecule has 0 saturated heterocycles. The van der Waals surface area contributed by atoms with E-state index in [1.807, 2.05) is 11.3 Å². The molecule has 1 aromatic heterocycles. The van der Waals surface area contributed by atoms with Crippen molar-refractivity contribution in [2.24, 2.45) is 0 Å². The zero-order valence-electron chi connectivity index (χ0n) is 16.8. The van der Waals surface area contributed by atoms with Gasteiger partial charge in [0.05, 0.1) is 0 Å². The lowest BCUT2D eigenvalue weighted by Crippen LogP contribution is -1.93. The van der Waals surface area contributed by atoms with Crippen molar-refractivity contribution in [3.63, 3.8) is 0 Å². The maximum absolute atomic E-state index is 10.2. The highest BCUT2D eigenvalue weighted by molar-refractivity contribution is 7.26. The molecule has 0 radical (unpaired) electrons. The second kappa shape index (κ2) is 7.00. The SMILES string of the molecule is Oc1cccc(O)c1CCc1cc2ccccc2c2c1sc1ccc3ccccc3c12. The summed E-state index contributed by atoms with van der Waals surface area (Å²) in [5, 5.41) is 28.1. The van der Waals surface area contributed by atoms with Gasteiger partial charge in [-0.15, -0.1) is 11.3 Å². The summed E-state index contributed by atoms with van der Waals surface area (Å²) in [5.41, 5.74) is 1.86. The normalized spacial score (nSPS) is 11.7. The van der Waals surface area contributed by atoms with Crippen LogP contribution in [0.5, 0.6) is 11.5 Å². The van der Waals surface area contributed by atoms with Crippen molar-refractivity contribution in [1.29, 1.82) is 0 Å². The summed E-state index contributed by atoms with van der Waals surface area (Å²) in [6.07, 6.45) is 1.33. The van der Waals surface area contributed by atoms with Crippen molar-refractivity contribution in [3.8, 4) is 11.5 Å². The number of thiophene rings is 1. The van der Waals surface area contributed by atoms with Gasteiger partial charge in [0.15, 0.2) is 0 Å². The second-order valence-electron chi connectivity index (χ2n) is 8.00. The number of rotatable bonds is 3. The molecule has 6 aromatic rings. The van der Waals surface area contributed by atoms with Crippen LogP contribution < -0.4 is 0 Å². The van der Waals surface area contributed by atoms with Crippen molar-refractivity contribution in [2.75, 3.05) is 0 Å². The lowest BCUT2D eigenvalue weighted by atomic mass is 9.95. The maximum Gasteiger partial charge on any atom is 0.122 e. The summed E-state index contributed by atoms with van der Waals surface area (Å²) in [6.45, 7) is 0. The summed E-state index contributed by atoms with van der Waals surface area (Å²) in [7, 11) is 0. The summed E-state index contributed by atoms with van der Waals surface area (Å²) in [5.74, 6) is 0.304. The van der Waals surface area contributed by atoms with Crippen LogP contribution in [0.1, 0.15) is 11.1 Å². The van der Waals surface area contributed by atoms with Crippen LogP contribution in [-0.4, -0.2) is 10.2 Å². The number of phenolic OH excluding ortho intramolecular Hbond substituents is 2. The molecule has 0 amide bonds. The smallest absolute Gasteiger partial charge is 0.122 e. The Balaban J connectivity index is 1.64. The first-order valence-corrected chi connectivity index (χ1v) is 11.3. The molecule has 150 valence electrons. The molecule has 0 atom stereocenters. The molecular weight excluding hydrogens is 400 g/mol. The zero-order chi connectivity index (χ0) is 20.9. The lowest BCUT2D eigenvalue weighted by molar-refractivity contribution is 0.438. The minimum Gasteiger partial charge on any atom is -0.508 e. The van der Waals surface area contributed by atoms with Crippen LogP contribution in [0.25, 0.3) is 41.7 Å². The monoisotopic (exact) mass is 420 g/mol. The van der Waals surface area contributed by atoms with Gasteiger partial charge in [0.1, 0.15) is 11.5 Å². The van der Waals surface area contributed by atoms with Crippen molar-refractivity contribution in [2.45, 2.75) is 12.8 Å². The van der Waals surface area contributed by atoms with Crippen molar-refractivity contribution < 1.29 is 10.2 Å². The number of fused-ring (bicyclic) bond motifs is 7. The number of benzene rings is 5. The highest BCUT2D eigenvalue weighted by Crippen LogP contribution is 2.44. The molecule has 1 heterocycles. The fraction of sp³-hybridized carbons (Fsp3) is 0.0714. The van der Waals surface area contributed by atoms with Crippen molar-refractivity contribution in [1.82, 2.24) is 0 Å². The average Bonchev–Trinajstić information content (AvgIpc) is 3.19. The number of hydrogen-bond acceptors (Lipinski definition) is 3. The molecule has 0 unspecified atom stereocenters. The number of phenols is 2. The summed E-state index contributed by atoms with van der Waals surface area (Å²) >= 11 is 1.84. The quantitative estimate of drug-likeness (QED) is 0.310. The first-order chi connectivity index (χ1) is 15.2. The molecule has 3 heteroatoms. The fourth-order valence-corrected chi connectivity index (χ4v) is 6.00. The van der Waals surface area contributed by atoms with Gasteiger partial charge in [0, 0.05) is 25.7 Å². The van der Waals surface area contributed by atoms with Gasteiger partial charge in [-0.1, -0.05) is 60.7 Å². The van der Waals surface area contributed by atoms with Crippen LogP contribution in [0.3, 0.4) is 0 Å². The van der Waals surface area contributed by atoms with E-state index in [1.165, 1.54) is 47.3 Å². The van der Waals surface area contributed by atoms with Crippen molar-refractivity contribution in [3.05, 3.63) is 96.1 Å². The Kier molecular flexibility index (Phi) is 4.12. The van der Waals surface area contributed by atoms with E-state index < -0.39 is 0 Å². The van der Waals surface area contributed by atoms with Gasteiger partial charge in [-0.05, 0) is 64.2 Å². The van der Waals surface area contributed by atoms with E-state index in [-0.39, 0.29) is 11.5 Å². The highest BCUT2D eigenvalue weighted by atomic mass is 32.1. The van der Waals surface area contributed by atoms with Crippen LogP contribution >= 0.6 is 11.3 Å². The highest BCUT2D eigenvalue weighted by Gasteiger charge is 2.16. The Morgan fingerprint density at radius 1 is 0.613 bits per heavy atom.